The summed E-state index contributed by atoms with van der Waals surface area (Å²) in [6.07, 6.45) is 4.40. The lowest BCUT2D eigenvalue weighted by atomic mass is 9.96. The molecule has 1 aliphatic rings. The minimum atomic E-state index is -0.455. The van der Waals surface area contributed by atoms with Gasteiger partial charge in [0.1, 0.15) is 0 Å². The van der Waals surface area contributed by atoms with E-state index in [-0.39, 0.29) is 17.7 Å². The highest BCUT2D eigenvalue weighted by Gasteiger charge is 2.27. The van der Waals surface area contributed by atoms with Crippen molar-refractivity contribution in [2.75, 3.05) is 26.8 Å². The van der Waals surface area contributed by atoms with E-state index in [0.717, 1.165) is 5.56 Å². The summed E-state index contributed by atoms with van der Waals surface area (Å²) in [6, 6.07) is 14.4. The summed E-state index contributed by atoms with van der Waals surface area (Å²) < 4.78 is 10.7. The topological polar surface area (TPSA) is 97.0 Å². The summed E-state index contributed by atoms with van der Waals surface area (Å²) in [4.78, 5) is 39.0. The lowest BCUT2D eigenvalue weighted by Gasteiger charge is -2.30. The highest BCUT2D eigenvalue weighted by Crippen LogP contribution is 2.28. The number of piperidine rings is 1. The van der Waals surface area contributed by atoms with Crippen LogP contribution in [0, 0.1) is 5.92 Å². The van der Waals surface area contributed by atoms with Crippen LogP contribution in [-0.2, 0) is 9.59 Å². The van der Waals surface area contributed by atoms with Gasteiger partial charge in [-0.15, -0.1) is 0 Å². The van der Waals surface area contributed by atoms with E-state index < -0.39 is 5.91 Å². The summed E-state index contributed by atoms with van der Waals surface area (Å²) >= 11 is 0. The summed E-state index contributed by atoms with van der Waals surface area (Å²) in [6.45, 7) is 3.31. The maximum absolute atomic E-state index is 12.5. The van der Waals surface area contributed by atoms with E-state index in [4.69, 9.17) is 9.47 Å². The second-order valence-corrected chi connectivity index (χ2v) is 7.59. The fraction of sp³-hybridized carbons (Fsp3) is 0.320. The van der Waals surface area contributed by atoms with E-state index in [2.05, 4.69) is 10.9 Å². The maximum Gasteiger partial charge on any atom is 0.269 e. The average Bonchev–Trinajstić information content (AvgIpc) is 2.86. The smallest absolute Gasteiger partial charge is 0.269 e. The number of amides is 3. The number of likely N-dealkylation sites (tertiary alicyclic amines) is 1. The Hall–Kier alpha value is -3.81. The molecule has 8 heteroatoms. The van der Waals surface area contributed by atoms with Gasteiger partial charge in [-0.3, -0.25) is 25.2 Å². The van der Waals surface area contributed by atoms with Gasteiger partial charge in [-0.25, -0.2) is 0 Å². The fourth-order valence-corrected chi connectivity index (χ4v) is 3.58. The van der Waals surface area contributed by atoms with E-state index in [0.29, 0.717) is 49.6 Å². The van der Waals surface area contributed by atoms with Crippen molar-refractivity contribution in [1.82, 2.24) is 15.8 Å². The van der Waals surface area contributed by atoms with Gasteiger partial charge in [0.2, 0.25) is 11.8 Å². The second-order valence-electron chi connectivity index (χ2n) is 7.59. The van der Waals surface area contributed by atoms with Crippen LogP contribution in [0.25, 0.3) is 6.08 Å². The van der Waals surface area contributed by atoms with Crippen molar-refractivity contribution in [1.29, 1.82) is 0 Å². The Balaban J connectivity index is 1.46. The molecule has 0 atom stereocenters. The van der Waals surface area contributed by atoms with Crippen LogP contribution in [0.2, 0.25) is 0 Å². The van der Waals surface area contributed by atoms with Gasteiger partial charge in [0.25, 0.3) is 5.91 Å². The van der Waals surface area contributed by atoms with Crippen molar-refractivity contribution in [3.63, 3.8) is 0 Å². The minimum absolute atomic E-state index is 0.0736. The number of rotatable bonds is 7. The van der Waals surface area contributed by atoms with Crippen molar-refractivity contribution < 1.29 is 23.9 Å². The SMILES string of the molecule is CCOc1ccc(C(=O)NNC(=O)C2CCN(C(=O)/C=C/c3ccccc3)CC2)cc1OC. The van der Waals surface area contributed by atoms with Gasteiger partial charge >= 0.3 is 0 Å². The molecule has 33 heavy (non-hydrogen) atoms. The van der Waals surface area contributed by atoms with E-state index in [1.165, 1.54) is 7.11 Å². The monoisotopic (exact) mass is 451 g/mol. The predicted molar refractivity (Wildman–Crippen MR) is 125 cm³/mol. The number of carbonyl (C=O) groups excluding carboxylic acids is 3. The second kappa shape index (κ2) is 11.7. The first-order valence-electron chi connectivity index (χ1n) is 10.9. The standard InChI is InChI=1S/C25H29N3O5/c1-3-33-21-11-10-20(17-22(21)32-2)25(31)27-26-24(30)19-13-15-28(16-14-19)23(29)12-9-18-7-5-4-6-8-18/h4-12,17,19H,3,13-16H2,1-2H3,(H,26,30)(H,27,31)/b12-9+. The number of benzene rings is 2. The van der Waals surface area contributed by atoms with Gasteiger partial charge in [-0.1, -0.05) is 30.3 Å². The third kappa shape index (κ3) is 6.58. The van der Waals surface area contributed by atoms with E-state index in [9.17, 15) is 14.4 Å². The molecule has 1 fully saturated rings. The molecule has 8 nitrogen and oxygen atoms in total. The number of methoxy groups -OCH3 is 1. The van der Waals surface area contributed by atoms with Gasteiger partial charge in [0, 0.05) is 30.6 Å². The lowest BCUT2D eigenvalue weighted by molar-refractivity contribution is -0.132. The first-order chi connectivity index (χ1) is 16.0. The van der Waals surface area contributed by atoms with Crippen molar-refractivity contribution in [2.45, 2.75) is 19.8 Å². The van der Waals surface area contributed by atoms with E-state index in [1.54, 1.807) is 35.3 Å². The maximum atomic E-state index is 12.5. The number of hydrogen-bond acceptors (Lipinski definition) is 5. The molecule has 1 heterocycles. The van der Waals surface area contributed by atoms with Gasteiger partial charge < -0.3 is 14.4 Å². The Morgan fingerprint density at radius 3 is 2.42 bits per heavy atom. The summed E-state index contributed by atoms with van der Waals surface area (Å²) in [7, 11) is 1.50. The normalized spacial score (nSPS) is 14.1. The quantitative estimate of drug-likeness (QED) is 0.498. The Labute approximate surface area is 193 Å². The van der Waals surface area contributed by atoms with Gasteiger partial charge in [0.15, 0.2) is 11.5 Å². The molecule has 2 aromatic rings. The van der Waals surface area contributed by atoms with Crippen LogP contribution in [0.5, 0.6) is 11.5 Å². The highest BCUT2D eigenvalue weighted by atomic mass is 16.5. The zero-order valence-corrected chi connectivity index (χ0v) is 18.9. The van der Waals surface area contributed by atoms with Gasteiger partial charge in [0.05, 0.1) is 13.7 Å². The van der Waals surface area contributed by atoms with Crippen molar-refractivity contribution in [3.05, 3.63) is 65.7 Å². The van der Waals surface area contributed by atoms with Crippen LogP contribution in [0.1, 0.15) is 35.7 Å². The number of carbonyl (C=O) groups is 3. The summed E-state index contributed by atoms with van der Waals surface area (Å²) in [5.41, 5.74) is 6.23. The molecule has 3 amide bonds. The van der Waals surface area contributed by atoms with Crippen molar-refractivity contribution >= 4 is 23.8 Å². The Kier molecular flexibility index (Phi) is 8.46. The largest absolute Gasteiger partial charge is 0.493 e. The zero-order valence-electron chi connectivity index (χ0n) is 18.9. The highest BCUT2D eigenvalue weighted by molar-refractivity contribution is 5.96. The number of nitrogens with zero attached hydrogens (tertiary/aromatic N) is 1. The molecule has 0 unspecified atom stereocenters. The molecule has 0 spiro atoms. The molecule has 1 saturated heterocycles. The molecule has 174 valence electrons. The lowest BCUT2D eigenvalue weighted by Crippen LogP contribution is -2.48. The third-order valence-electron chi connectivity index (χ3n) is 5.42. The molecular formula is C25H29N3O5. The number of hydrogen-bond donors (Lipinski definition) is 2. The van der Waals surface area contributed by atoms with Crippen LogP contribution >= 0.6 is 0 Å². The molecule has 2 N–H and O–H groups in total. The van der Waals surface area contributed by atoms with Crippen molar-refractivity contribution in [2.24, 2.45) is 5.92 Å². The Bertz CT molecular complexity index is 998. The zero-order chi connectivity index (χ0) is 23.6. The van der Waals surface area contributed by atoms with Gasteiger partial charge in [-0.2, -0.15) is 0 Å². The minimum Gasteiger partial charge on any atom is -0.493 e. The van der Waals surface area contributed by atoms with Crippen LogP contribution in [0.15, 0.2) is 54.6 Å². The Morgan fingerprint density at radius 2 is 1.76 bits per heavy atom. The third-order valence-corrected chi connectivity index (χ3v) is 5.42. The first kappa shape index (κ1) is 23.8. The van der Waals surface area contributed by atoms with Crippen LogP contribution in [-0.4, -0.2) is 49.4 Å². The molecule has 3 rings (SSSR count). The molecule has 0 bridgehead atoms. The van der Waals surface area contributed by atoms with E-state index in [1.807, 2.05) is 37.3 Å². The van der Waals surface area contributed by atoms with Crippen LogP contribution in [0.3, 0.4) is 0 Å². The van der Waals surface area contributed by atoms with Gasteiger partial charge in [-0.05, 0) is 49.6 Å². The Morgan fingerprint density at radius 1 is 1.03 bits per heavy atom. The van der Waals surface area contributed by atoms with Crippen molar-refractivity contribution in [3.8, 4) is 11.5 Å². The molecule has 2 aromatic carbocycles. The van der Waals surface area contributed by atoms with Crippen LogP contribution in [0.4, 0.5) is 0 Å². The fourth-order valence-electron chi connectivity index (χ4n) is 3.58. The number of hydrazine groups is 1. The molecular weight excluding hydrogens is 422 g/mol. The summed E-state index contributed by atoms with van der Waals surface area (Å²) in [5.74, 6) is -0.0935. The van der Waals surface area contributed by atoms with Crippen LogP contribution < -0.4 is 20.3 Å². The molecule has 0 aromatic heterocycles. The summed E-state index contributed by atoms with van der Waals surface area (Å²) in [5, 5.41) is 0. The van der Waals surface area contributed by atoms with E-state index >= 15 is 0 Å². The molecule has 1 aliphatic heterocycles. The molecule has 0 aliphatic carbocycles. The first-order valence-corrected chi connectivity index (χ1v) is 10.9. The molecule has 0 radical (unpaired) electrons. The number of nitrogens with one attached hydrogen (secondary N) is 2. The molecule has 0 saturated carbocycles. The average molecular weight is 452 g/mol. The predicted octanol–water partition coefficient (Wildman–Crippen LogP) is 2.81. The number of ether oxygens (including phenoxy) is 2.